The largest absolute Gasteiger partial charge is 0.467 e. The summed E-state index contributed by atoms with van der Waals surface area (Å²) in [5.41, 5.74) is 0.638. The molecule has 1 aliphatic heterocycles. The van der Waals surface area contributed by atoms with Gasteiger partial charge in [0.1, 0.15) is 5.54 Å². The lowest BCUT2D eigenvalue weighted by Crippen LogP contribution is -2.58. The molecule has 0 atom stereocenters. The van der Waals surface area contributed by atoms with Crippen molar-refractivity contribution < 1.29 is 14.3 Å². The summed E-state index contributed by atoms with van der Waals surface area (Å²) >= 11 is 0. The van der Waals surface area contributed by atoms with Gasteiger partial charge < -0.3 is 9.64 Å². The maximum Gasteiger partial charge on any atom is 0.331 e. The number of methoxy groups -OCH3 is 1. The molecular formula is C14H18N2O3. The summed E-state index contributed by atoms with van der Waals surface area (Å²) in [6.07, 6.45) is 0. The van der Waals surface area contributed by atoms with Gasteiger partial charge in [-0.15, -0.1) is 0 Å². The zero-order valence-corrected chi connectivity index (χ0v) is 11.6. The minimum Gasteiger partial charge on any atom is -0.467 e. The Balaban J connectivity index is 2.54. The van der Waals surface area contributed by atoms with Crippen LogP contribution in [0.15, 0.2) is 24.3 Å². The Bertz CT molecular complexity index is 525. The van der Waals surface area contributed by atoms with Crippen molar-refractivity contribution in [2.45, 2.75) is 19.4 Å². The van der Waals surface area contributed by atoms with Crippen molar-refractivity contribution in [2.75, 3.05) is 30.5 Å². The molecule has 0 radical (unpaired) electrons. The van der Waals surface area contributed by atoms with E-state index in [0.717, 1.165) is 11.4 Å². The van der Waals surface area contributed by atoms with E-state index in [4.69, 9.17) is 4.74 Å². The number of rotatable bonds is 2. The third kappa shape index (κ3) is 2.05. The highest BCUT2D eigenvalue weighted by Crippen LogP contribution is 2.37. The maximum atomic E-state index is 12.3. The minimum absolute atomic E-state index is 0.114. The average molecular weight is 262 g/mol. The molecule has 1 aromatic rings. The van der Waals surface area contributed by atoms with Crippen molar-refractivity contribution in [1.29, 1.82) is 0 Å². The fourth-order valence-corrected chi connectivity index (χ4v) is 2.42. The fourth-order valence-electron chi connectivity index (χ4n) is 2.42. The zero-order chi connectivity index (χ0) is 14.2. The molecule has 1 amide bonds. The average Bonchev–Trinajstić information content (AvgIpc) is 2.37. The van der Waals surface area contributed by atoms with E-state index in [0.29, 0.717) is 0 Å². The smallest absolute Gasteiger partial charge is 0.331 e. The van der Waals surface area contributed by atoms with Gasteiger partial charge in [-0.3, -0.25) is 9.69 Å². The van der Waals surface area contributed by atoms with Gasteiger partial charge in [-0.1, -0.05) is 12.1 Å². The molecule has 1 aliphatic rings. The minimum atomic E-state index is -1.02. The first-order chi connectivity index (χ1) is 8.89. The second kappa shape index (κ2) is 4.57. The molecule has 0 aliphatic carbocycles. The molecule has 0 unspecified atom stereocenters. The number of esters is 1. The predicted octanol–water partition coefficient (Wildman–Crippen LogP) is 1.42. The summed E-state index contributed by atoms with van der Waals surface area (Å²) in [4.78, 5) is 27.6. The molecule has 5 nitrogen and oxygen atoms in total. The molecule has 0 saturated carbocycles. The van der Waals surface area contributed by atoms with Crippen molar-refractivity contribution in [3.8, 4) is 0 Å². The normalized spacial score (nSPS) is 15.3. The fraction of sp³-hybridized carbons (Fsp3) is 0.429. The van der Waals surface area contributed by atoms with Crippen molar-refractivity contribution in [2.24, 2.45) is 0 Å². The third-order valence-corrected chi connectivity index (χ3v) is 3.40. The number of hydrogen-bond donors (Lipinski definition) is 0. The van der Waals surface area contributed by atoms with Crippen molar-refractivity contribution in [3.05, 3.63) is 24.3 Å². The van der Waals surface area contributed by atoms with Crippen LogP contribution in [0.5, 0.6) is 0 Å². The Morgan fingerprint density at radius 3 is 2.42 bits per heavy atom. The van der Waals surface area contributed by atoms with Crippen molar-refractivity contribution in [1.82, 2.24) is 0 Å². The van der Waals surface area contributed by atoms with Gasteiger partial charge in [0.05, 0.1) is 25.0 Å². The van der Waals surface area contributed by atoms with Gasteiger partial charge in [-0.25, -0.2) is 4.79 Å². The highest BCUT2D eigenvalue weighted by Gasteiger charge is 2.43. The summed E-state index contributed by atoms with van der Waals surface area (Å²) in [6, 6.07) is 7.54. The van der Waals surface area contributed by atoms with Crippen LogP contribution in [0, 0.1) is 0 Å². The first-order valence-electron chi connectivity index (χ1n) is 6.11. The van der Waals surface area contributed by atoms with Gasteiger partial charge in [0.25, 0.3) is 0 Å². The summed E-state index contributed by atoms with van der Waals surface area (Å²) in [6.45, 7) is 3.63. The van der Waals surface area contributed by atoms with Crippen molar-refractivity contribution in [3.63, 3.8) is 0 Å². The van der Waals surface area contributed by atoms with Crippen LogP contribution < -0.4 is 9.80 Å². The van der Waals surface area contributed by atoms with Crippen LogP contribution in [0.4, 0.5) is 11.4 Å². The van der Waals surface area contributed by atoms with E-state index in [1.165, 1.54) is 12.0 Å². The molecule has 0 saturated heterocycles. The molecular weight excluding hydrogens is 244 g/mol. The number of anilines is 2. The first kappa shape index (κ1) is 13.4. The number of fused-ring (bicyclic) bond motifs is 1. The number of likely N-dealkylation sites (N-methyl/N-ethyl adjacent to an activating group) is 1. The second-order valence-corrected chi connectivity index (χ2v) is 5.12. The summed E-state index contributed by atoms with van der Waals surface area (Å²) < 4.78 is 4.81. The van der Waals surface area contributed by atoms with Crippen molar-refractivity contribution >= 4 is 23.3 Å². The Kier molecular flexibility index (Phi) is 3.22. The molecule has 1 heterocycles. The van der Waals surface area contributed by atoms with Crippen LogP contribution >= 0.6 is 0 Å². The molecule has 102 valence electrons. The summed E-state index contributed by atoms with van der Waals surface area (Å²) in [7, 11) is 3.19. The van der Waals surface area contributed by atoms with Gasteiger partial charge in [-0.2, -0.15) is 0 Å². The number of nitrogens with zero attached hydrogens (tertiary/aromatic N) is 2. The Morgan fingerprint density at radius 1 is 1.26 bits per heavy atom. The lowest BCUT2D eigenvalue weighted by molar-refractivity contribution is -0.147. The molecule has 0 fully saturated rings. The van der Waals surface area contributed by atoms with Crippen LogP contribution in [-0.2, 0) is 14.3 Å². The number of ether oxygens (including phenoxy) is 1. The number of carbonyl (C=O) groups is 2. The van der Waals surface area contributed by atoms with Gasteiger partial charge in [0.2, 0.25) is 5.91 Å². The van der Waals surface area contributed by atoms with Gasteiger partial charge in [0, 0.05) is 7.05 Å². The molecule has 0 aromatic heterocycles. The van der Waals surface area contributed by atoms with E-state index in [-0.39, 0.29) is 12.5 Å². The molecule has 0 bridgehead atoms. The highest BCUT2D eigenvalue weighted by molar-refractivity contribution is 6.08. The molecule has 1 aromatic carbocycles. The van der Waals surface area contributed by atoms with E-state index < -0.39 is 11.5 Å². The first-order valence-corrected chi connectivity index (χ1v) is 6.11. The van der Waals surface area contributed by atoms with E-state index >= 15 is 0 Å². The quantitative estimate of drug-likeness (QED) is 0.756. The third-order valence-electron chi connectivity index (χ3n) is 3.40. The van der Waals surface area contributed by atoms with E-state index in [9.17, 15) is 9.59 Å². The van der Waals surface area contributed by atoms with E-state index in [1.54, 1.807) is 13.8 Å². The zero-order valence-electron chi connectivity index (χ0n) is 11.6. The number of carbonyl (C=O) groups excluding carboxylic acids is 2. The van der Waals surface area contributed by atoms with Crippen LogP contribution in [0.3, 0.4) is 0 Å². The van der Waals surface area contributed by atoms with E-state index in [2.05, 4.69) is 0 Å². The molecule has 5 heteroatoms. The lowest BCUT2D eigenvalue weighted by atomic mass is 9.99. The molecule has 2 rings (SSSR count). The lowest BCUT2D eigenvalue weighted by Gasteiger charge is -2.42. The molecule has 19 heavy (non-hydrogen) atoms. The van der Waals surface area contributed by atoms with Crippen LogP contribution in [0.25, 0.3) is 0 Å². The number of benzene rings is 1. The maximum absolute atomic E-state index is 12.3. The monoisotopic (exact) mass is 262 g/mol. The summed E-state index contributed by atoms with van der Waals surface area (Å²) in [5, 5.41) is 0. The number of para-hydroxylation sites is 2. The Labute approximate surface area is 112 Å². The van der Waals surface area contributed by atoms with Gasteiger partial charge in [0.15, 0.2) is 0 Å². The molecule has 0 spiro atoms. The predicted molar refractivity (Wildman–Crippen MR) is 73.3 cm³/mol. The highest BCUT2D eigenvalue weighted by atomic mass is 16.5. The molecule has 0 N–H and O–H groups in total. The van der Waals surface area contributed by atoms with Gasteiger partial charge in [-0.05, 0) is 26.0 Å². The van der Waals surface area contributed by atoms with Crippen LogP contribution in [0.2, 0.25) is 0 Å². The van der Waals surface area contributed by atoms with Gasteiger partial charge >= 0.3 is 5.97 Å². The Morgan fingerprint density at radius 2 is 1.84 bits per heavy atom. The number of amides is 1. The standard InChI is InChI=1S/C14H18N2O3/c1-14(2,13(18)19-4)16-11-8-6-5-7-10(11)15(3)9-12(16)17/h5-8H,9H2,1-4H3. The SMILES string of the molecule is COC(=O)C(C)(C)N1C(=O)CN(C)c2ccccc21. The summed E-state index contributed by atoms with van der Waals surface area (Å²) in [5.74, 6) is -0.545. The van der Waals surface area contributed by atoms with Crippen LogP contribution in [0.1, 0.15) is 13.8 Å². The topological polar surface area (TPSA) is 49.9 Å². The Hall–Kier alpha value is -2.04. The van der Waals surface area contributed by atoms with E-state index in [1.807, 2.05) is 36.2 Å². The van der Waals surface area contributed by atoms with Crippen LogP contribution in [-0.4, -0.2) is 38.1 Å². The second-order valence-electron chi connectivity index (χ2n) is 5.12. The number of hydrogen-bond acceptors (Lipinski definition) is 4.